The first-order chi connectivity index (χ1) is 15.1. The summed E-state index contributed by atoms with van der Waals surface area (Å²) in [6.07, 6.45) is 4.71. The van der Waals surface area contributed by atoms with Gasteiger partial charge in [-0.1, -0.05) is 0 Å². The van der Waals surface area contributed by atoms with E-state index in [9.17, 15) is 0 Å². The number of hydrogen-bond donors (Lipinski definition) is 0. The molecule has 0 aromatic heterocycles. The molecule has 0 saturated carbocycles. The van der Waals surface area contributed by atoms with Crippen molar-refractivity contribution in [2.24, 2.45) is 0 Å². The summed E-state index contributed by atoms with van der Waals surface area (Å²) in [6, 6.07) is 14.2. The van der Waals surface area contributed by atoms with Crippen molar-refractivity contribution in [3.63, 3.8) is 0 Å². The van der Waals surface area contributed by atoms with E-state index in [1.165, 1.54) is 43.8 Å². The van der Waals surface area contributed by atoms with Gasteiger partial charge in [0.05, 0.1) is 0 Å². The van der Waals surface area contributed by atoms with Crippen LogP contribution in [-0.4, -0.2) is 19.9 Å². The van der Waals surface area contributed by atoms with E-state index in [4.69, 9.17) is 17.0 Å². The molecule has 2 aliphatic rings. The molecule has 0 radical (unpaired) electrons. The Morgan fingerprint density at radius 2 is 1.06 bits per heavy atom. The normalized spacial score (nSPS) is 20.8. The molecule has 0 N–H and O–H groups in total. The molecule has 2 unspecified atom stereocenters. The molecule has 33 heavy (non-hydrogen) atoms. The van der Waals surface area contributed by atoms with Gasteiger partial charge in [0.2, 0.25) is 0 Å². The van der Waals surface area contributed by atoms with Gasteiger partial charge >= 0.3 is 212 Å². The minimum atomic E-state index is -4.57. The van der Waals surface area contributed by atoms with E-state index < -0.39 is 32.1 Å². The second-order valence-electron chi connectivity index (χ2n) is 12.3. The number of rotatable bonds is 4. The molecule has 2 atom stereocenters. The zero-order chi connectivity index (χ0) is 24.6. The molecular formula is C28H38Cl2Si2Zr. The first-order valence-electron chi connectivity index (χ1n) is 12.1. The number of hydrogen-bond acceptors (Lipinski definition) is 0. The monoisotopic (exact) mass is 590 g/mol. The zero-order valence-electron chi connectivity index (χ0n) is 21.6. The van der Waals surface area contributed by atoms with Gasteiger partial charge in [0.25, 0.3) is 0 Å². The Morgan fingerprint density at radius 3 is 1.36 bits per heavy atom. The second-order valence-corrected chi connectivity index (χ2v) is 43.9. The summed E-state index contributed by atoms with van der Waals surface area (Å²) in [7, 11) is 13.1. The van der Waals surface area contributed by atoms with Crippen molar-refractivity contribution >= 4 is 59.4 Å². The third-order valence-corrected chi connectivity index (χ3v) is 31.6. The van der Waals surface area contributed by atoms with Crippen LogP contribution < -0.4 is 10.4 Å². The summed E-state index contributed by atoms with van der Waals surface area (Å²) in [4.78, 5) is 0. The van der Waals surface area contributed by atoms with Crippen LogP contribution in [0, 0.1) is 0 Å². The number of benzene rings is 2. The summed E-state index contributed by atoms with van der Waals surface area (Å²) in [5, 5.41) is 2.98. The van der Waals surface area contributed by atoms with Gasteiger partial charge in [0.1, 0.15) is 0 Å². The van der Waals surface area contributed by atoms with Crippen molar-refractivity contribution in [3.05, 3.63) is 69.8 Å². The SMILES string of the molecule is C[CH]=[Zr]([Cl])([Cl])([CH]1C(C)=Cc2cc([Si](C)(C)C)ccc21)[CH]1C(C)=Cc2cc([Si](C)(C)C)ccc21. The quantitative estimate of drug-likeness (QED) is 0.314. The molecule has 0 nitrogen and oxygen atoms in total. The van der Waals surface area contributed by atoms with Crippen LogP contribution in [0.25, 0.3) is 12.2 Å². The Bertz CT molecular complexity index is 1190. The van der Waals surface area contributed by atoms with Gasteiger partial charge in [0, 0.05) is 0 Å². The van der Waals surface area contributed by atoms with Crippen LogP contribution in [0.4, 0.5) is 0 Å². The second kappa shape index (κ2) is 8.10. The molecule has 0 amide bonds. The molecule has 4 rings (SSSR count). The summed E-state index contributed by atoms with van der Waals surface area (Å²) < 4.78 is 2.49. The fraction of sp³-hybridized carbons (Fsp3) is 0.393. The molecule has 2 aromatic carbocycles. The Hall–Kier alpha value is -0.313. The third-order valence-electron chi connectivity index (χ3n) is 7.86. The minimum absolute atomic E-state index is 0.112. The van der Waals surface area contributed by atoms with Crippen LogP contribution in [0.1, 0.15) is 50.3 Å². The molecular weight excluding hydrogens is 555 g/mol. The Balaban J connectivity index is 1.89. The van der Waals surface area contributed by atoms with Crippen LogP contribution in [0.5, 0.6) is 0 Å². The van der Waals surface area contributed by atoms with E-state index in [1.54, 1.807) is 0 Å². The number of halogens is 2. The van der Waals surface area contributed by atoms with Crippen molar-refractivity contribution in [2.75, 3.05) is 0 Å². The summed E-state index contributed by atoms with van der Waals surface area (Å²) in [5.74, 6) is 0. The standard InChI is InChI=1S/2C13H17Si.C2H4.2ClH.Zr/c2*1-10-7-11-5-6-13(14(2,3)4)9-12(11)8-10;1-2;;;/h2*5-9H,1-4H3;1H,2H3;2*1H;/q;;;;;+2/p-2. The maximum atomic E-state index is 7.95. The van der Waals surface area contributed by atoms with Gasteiger partial charge in [-0.05, 0) is 0 Å². The van der Waals surface area contributed by atoms with Crippen molar-refractivity contribution in [1.29, 1.82) is 0 Å². The molecule has 2 aliphatic carbocycles. The number of fused-ring (bicyclic) bond motifs is 2. The van der Waals surface area contributed by atoms with E-state index in [1.807, 2.05) is 0 Å². The molecule has 0 saturated heterocycles. The first-order valence-corrected chi connectivity index (χ1v) is 29.7. The van der Waals surface area contributed by atoms with Crippen molar-refractivity contribution in [2.45, 2.75) is 67.3 Å². The van der Waals surface area contributed by atoms with Crippen LogP contribution in [0.2, 0.25) is 39.3 Å². The topological polar surface area (TPSA) is 0 Å². The molecule has 0 aliphatic heterocycles. The Labute approximate surface area is 210 Å². The fourth-order valence-corrected chi connectivity index (χ4v) is 26.5. The van der Waals surface area contributed by atoms with E-state index in [-0.39, 0.29) is 7.25 Å². The van der Waals surface area contributed by atoms with Gasteiger partial charge in [-0.25, -0.2) is 0 Å². The average Bonchev–Trinajstić information content (AvgIpc) is 3.21. The summed E-state index contributed by atoms with van der Waals surface area (Å²) in [6.45, 7) is 21.0. The predicted octanol–water partition coefficient (Wildman–Crippen LogP) is 8.21. The van der Waals surface area contributed by atoms with Gasteiger partial charge in [-0.2, -0.15) is 0 Å². The van der Waals surface area contributed by atoms with E-state index >= 15 is 0 Å². The fourth-order valence-electron chi connectivity index (χ4n) is 5.97. The van der Waals surface area contributed by atoms with E-state index in [0.717, 1.165) is 0 Å². The van der Waals surface area contributed by atoms with Crippen molar-refractivity contribution in [3.8, 4) is 0 Å². The van der Waals surface area contributed by atoms with Gasteiger partial charge in [-0.15, -0.1) is 0 Å². The first kappa shape index (κ1) is 25.8. The Morgan fingerprint density at radius 1 is 0.697 bits per heavy atom. The molecule has 176 valence electrons. The summed E-state index contributed by atoms with van der Waals surface area (Å²) in [5.41, 5.74) is 7.98. The average molecular weight is 593 g/mol. The molecule has 0 heterocycles. The number of allylic oxidation sites excluding steroid dienone is 2. The summed E-state index contributed by atoms with van der Waals surface area (Å²) >= 11 is -4.57. The van der Waals surface area contributed by atoms with Crippen molar-refractivity contribution in [1.82, 2.24) is 0 Å². The van der Waals surface area contributed by atoms with Crippen LogP contribution in [-0.2, 0) is 15.9 Å². The van der Waals surface area contributed by atoms with E-state index in [0.29, 0.717) is 0 Å². The zero-order valence-corrected chi connectivity index (χ0v) is 27.6. The molecule has 0 bridgehead atoms. The third kappa shape index (κ3) is 4.19. The van der Waals surface area contributed by atoms with Crippen LogP contribution in [0.15, 0.2) is 47.5 Å². The molecule has 2 aromatic rings. The predicted molar refractivity (Wildman–Crippen MR) is 155 cm³/mol. The van der Waals surface area contributed by atoms with E-state index in [2.05, 4.69) is 112 Å². The molecule has 5 heteroatoms. The maximum absolute atomic E-state index is 7.95. The van der Waals surface area contributed by atoms with Gasteiger partial charge in [-0.3, -0.25) is 0 Å². The van der Waals surface area contributed by atoms with Crippen LogP contribution >= 0.6 is 17.0 Å². The van der Waals surface area contributed by atoms with Gasteiger partial charge in [0.15, 0.2) is 0 Å². The van der Waals surface area contributed by atoms with Gasteiger partial charge < -0.3 is 0 Å². The van der Waals surface area contributed by atoms with Crippen molar-refractivity contribution < 1.29 is 15.9 Å². The molecule has 0 spiro atoms. The van der Waals surface area contributed by atoms with Crippen LogP contribution in [0.3, 0.4) is 0 Å². The Kier molecular flexibility index (Phi) is 6.33. The molecule has 0 fully saturated rings.